The number of hydrogen-bond donors (Lipinski definition) is 1. The van der Waals surface area contributed by atoms with Crippen molar-refractivity contribution in [1.29, 1.82) is 0 Å². The molecule has 21 heavy (non-hydrogen) atoms. The molecule has 1 saturated heterocycles. The maximum atomic E-state index is 12.4. The molecule has 0 radical (unpaired) electrons. The molecule has 2 rings (SSSR count). The van der Waals surface area contributed by atoms with Crippen LogP contribution in [0.1, 0.15) is 18.9 Å². The number of halogens is 2. The number of alkyl halides is 2. The molecule has 1 aliphatic heterocycles. The zero-order chi connectivity index (χ0) is 15.2. The minimum Gasteiger partial charge on any atom is -0.493 e. The second-order valence-corrected chi connectivity index (χ2v) is 5.07. The summed E-state index contributed by atoms with van der Waals surface area (Å²) in [6.07, 6.45) is 1.12. The first kappa shape index (κ1) is 16.0. The normalized spacial score (nSPS) is 18.5. The molecular weight excluding hydrogens is 278 g/mol. The van der Waals surface area contributed by atoms with Crippen LogP contribution in [0.15, 0.2) is 18.2 Å². The fourth-order valence-corrected chi connectivity index (χ4v) is 2.69. The Balaban J connectivity index is 2.11. The average Bonchev–Trinajstić information content (AvgIpc) is 2.98. The Hall–Kier alpha value is -1.40. The topological polar surface area (TPSA) is 33.7 Å². The van der Waals surface area contributed by atoms with Crippen LogP contribution in [0.3, 0.4) is 0 Å². The van der Waals surface area contributed by atoms with Gasteiger partial charge in [0.15, 0.2) is 11.5 Å². The van der Waals surface area contributed by atoms with Crippen LogP contribution in [0.2, 0.25) is 0 Å². The predicted octanol–water partition coefficient (Wildman–Crippen LogP) is 2.48. The standard InChI is InChI=1S/C15H22F2N2O2/c1-3-19(12-6-7-18-9-12)10-11-4-5-13(20-2)14(8-11)21-15(16)17/h4-5,8,12,15,18H,3,6-7,9-10H2,1-2H3. The Morgan fingerprint density at radius 1 is 1.38 bits per heavy atom. The monoisotopic (exact) mass is 300 g/mol. The van der Waals surface area contributed by atoms with Crippen LogP contribution in [0, 0.1) is 0 Å². The first-order valence-electron chi connectivity index (χ1n) is 7.20. The second kappa shape index (κ2) is 7.56. The molecule has 118 valence electrons. The molecule has 0 saturated carbocycles. The highest BCUT2D eigenvalue weighted by molar-refractivity contribution is 5.43. The summed E-state index contributed by atoms with van der Waals surface area (Å²) in [4.78, 5) is 2.34. The third kappa shape index (κ3) is 4.28. The molecule has 1 aliphatic rings. The van der Waals surface area contributed by atoms with Crippen molar-refractivity contribution in [3.8, 4) is 11.5 Å². The summed E-state index contributed by atoms with van der Waals surface area (Å²) in [6, 6.07) is 5.70. The number of hydrogen-bond acceptors (Lipinski definition) is 4. The predicted molar refractivity (Wildman–Crippen MR) is 77.0 cm³/mol. The molecule has 4 nitrogen and oxygen atoms in total. The fourth-order valence-electron chi connectivity index (χ4n) is 2.69. The van der Waals surface area contributed by atoms with E-state index in [0.29, 0.717) is 18.3 Å². The lowest BCUT2D eigenvalue weighted by atomic mass is 10.1. The summed E-state index contributed by atoms with van der Waals surface area (Å²) in [5.41, 5.74) is 0.945. The van der Waals surface area contributed by atoms with Gasteiger partial charge >= 0.3 is 6.61 Å². The summed E-state index contributed by atoms with van der Waals surface area (Å²) in [5.74, 6) is 0.412. The van der Waals surface area contributed by atoms with Crippen LogP contribution in [0.4, 0.5) is 8.78 Å². The molecule has 1 aromatic rings. The minimum absolute atomic E-state index is 0.0885. The highest BCUT2D eigenvalue weighted by Gasteiger charge is 2.21. The lowest BCUT2D eigenvalue weighted by Crippen LogP contribution is -2.36. The van der Waals surface area contributed by atoms with Gasteiger partial charge in [0.2, 0.25) is 0 Å². The number of nitrogens with one attached hydrogen (secondary N) is 1. The smallest absolute Gasteiger partial charge is 0.387 e. The highest BCUT2D eigenvalue weighted by atomic mass is 19.3. The summed E-state index contributed by atoms with van der Waals surface area (Å²) in [7, 11) is 1.44. The van der Waals surface area contributed by atoms with Gasteiger partial charge in [0.05, 0.1) is 7.11 Å². The SMILES string of the molecule is CCN(Cc1ccc(OC)c(OC(F)F)c1)C1CCNC1. The molecule has 1 aromatic carbocycles. The van der Waals surface area contributed by atoms with Gasteiger partial charge in [-0.3, -0.25) is 4.90 Å². The van der Waals surface area contributed by atoms with Gasteiger partial charge in [0, 0.05) is 19.1 Å². The maximum Gasteiger partial charge on any atom is 0.387 e. The van der Waals surface area contributed by atoms with E-state index in [9.17, 15) is 8.78 Å². The molecular formula is C15H22F2N2O2. The van der Waals surface area contributed by atoms with Gasteiger partial charge in [-0.15, -0.1) is 0 Å². The van der Waals surface area contributed by atoms with Crippen molar-refractivity contribution in [2.45, 2.75) is 32.5 Å². The molecule has 0 aliphatic carbocycles. The third-order valence-electron chi connectivity index (χ3n) is 3.79. The van der Waals surface area contributed by atoms with Crippen molar-refractivity contribution < 1.29 is 18.3 Å². The lowest BCUT2D eigenvalue weighted by Gasteiger charge is -2.27. The van der Waals surface area contributed by atoms with E-state index in [2.05, 4.69) is 21.9 Å². The van der Waals surface area contributed by atoms with Crippen molar-refractivity contribution >= 4 is 0 Å². The molecule has 0 spiro atoms. The summed E-state index contributed by atoms with van der Waals surface area (Å²) >= 11 is 0. The van der Waals surface area contributed by atoms with Crippen molar-refractivity contribution in [1.82, 2.24) is 10.2 Å². The zero-order valence-corrected chi connectivity index (χ0v) is 12.4. The van der Waals surface area contributed by atoms with Crippen LogP contribution in [0.5, 0.6) is 11.5 Å². The van der Waals surface area contributed by atoms with E-state index < -0.39 is 6.61 Å². The molecule has 1 heterocycles. The molecule has 1 atom stereocenters. The van der Waals surface area contributed by atoms with Gasteiger partial charge < -0.3 is 14.8 Å². The van der Waals surface area contributed by atoms with Crippen LogP contribution in [-0.2, 0) is 6.54 Å². The number of benzene rings is 1. The fraction of sp³-hybridized carbons (Fsp3) is 0.600. The van der Waals surface area contributed by atoms with Crippen LogP contribution in [-0.4, -0.2) is 44.3 Å². The first-order valence-corrected chi connectivity index (χ1v) is 7.20. The number of methoxy groups -OCH3 is 1. The molecule has 0 aromatic heterocycles. The van der Waals surface area contributed by atoms with Crippen LogP contribution < -0.4 is 14.8 Å². The lowest BCUT2D eigenvalue weighted by molar-refractivity contribution is -0.0512. The van der Waals surface area contributed by atoms with Gasteiger partial charge in [-0.05, 0) is 37.2 Å². The number of nitrogens with zero attached hydrogens (tertiary/aromatic N) is 1. The highest BCUT2D eigenvalue weighted by Crippen LogP contribution is 2.30. The summed E-state index contributed by atoms with van der Waals surface area (Å²) in [5, 5.41) is 3.34. The molecule has 1 N–H and O–H groups in total. The molecule has 0 bridgehead atoms. The van der Waals surface area contributed by atoms with Crippen molar-refractivity contribution in [3.63, 3.8) is 0 Å². The Kier molecular flexibility index (Phi) is 5.76. The van der Waals surface area contributed by atoms with E-state index in [-0.39, 0.29) is 5.75 Å². The Bertz CT molecular complexity index is 451. The number of rotatable bonds is 7. The molecule has 6 heteroatoms. The van der Waals surface area contributed by atoms with Crippen molar-refractivity contribution in [3.05, 3.63) is 23.8 Å². The van der Waals surface area contributed by atoms with E-state index in [1.165, 1.54) is 7.11 Å². The first-order chi connectivity index (χ1) is 10.1. The van der Waals surface area contributed by atoms with E-state index >= 15 is 0 Å². The summed E-state index contributed by atoms with van der Waals surface area (Å²) < 4.78 is 34.5. The third-order valence-corrected chi connectivity index (χ3v) is 3.79. The van der Waals surface area contributed by atoms with Gasteiger partial charge in [-0.25, -0.2) is 0 Å². The van der Waals surface area contributed by atoms with E-state index in [1.54, 1.807) is 12.1 Å². The van der Waals surface area contributed by atoms with Crippen LogP contribution >= 0.6 is 0 Å². The Morgan fingerprint density at radius 3 is 2.76 bits per heavy atom. The van der Waals surface area contributed by atoms with Gasteiger partial charge in [-0.2, -0.15) is 8.78 Å². The minimum atomic E-state index is -2.85. The second-order valence-electron chi connectivity index (χ2n) is 5.07. The maximum absolute atomic E-state index is 12.4. The van der Waals surface area contributed by atoms with Crippen molar-refractivity contribution in [2.24, 2.45) is 0 Å². The average molecular weight is 300 g/mol. The molecule has 0 amide bonds. The summed E-state index contributed by atoms with van der Waals surface area (Å²) in [6.45, 7) is 2.90. The largest absolute Gasteiger partial charge is 0.493 e. The van der Waals surface area contributed by atoms with E-state index in [0.717, 1.165) is 31.6 Å². The Labute approximate surface area is 124 Å². The van der Waals surface area contributed by atoms with E-state index in [1.807, 2.05) is 6.07 Å². The molecule has 1 unspecified atom stereocenters. The van der Waals surface area contributed by atoms with E-state index in [4.69, 9.17) is 4.74 Å². The van der Waals surface area contributed by atoms with Crippen molar-refractivity contribution in [2.75, 3.05) is 26.7 Å². The van der Waals surface area contributed by atoms with Gasteiger partial charge in [0.25, 0.3) is 0 Å². The Morgan fingerprint density at radius 2 is 2.19 bits per heavy atom. The quantitative estimate of drug-likeness (QED) is 0.839. The zero-order valence-electron chi connectivity index (χ0n) is 12.4. The van der Waals surface area contributed by atoms with Gasteiger partial charge in [-0.1, -0.05) is 13.0 Å². The number of ether oxygens (including phenoxy) is 2. The molecule has 1 fully saturated rings. The number of likely N-dealkylation sites (N-methyl/N-ethyl adjacent to an activating group) is 1. The van der Waals surface area contributed by atoms with Gasteiger partial charge in [0.1, 0.15) is 0 Å². The van der Waals surface area contributed by atoms with Crippen LogP contribution in [0.25, 0.3) is 0 Å².